The minimum absolute atomic E-state index is 0.353. The lowest BCUT2D eigenvalue weighted by molar-refractivity contribution is 0.830. The van der Waals surface area contributed by atoms with Gasteiger partial charge in [0, 0.05) is 22.7 Å². The Kier molecular flexibility index (Phi) is 2.67. The Morgan fingerprint density at radius 2 is 1.94 bits per heavy atom. The van der Waals surface area contributed by atoms with E-state index in [1.54, 1.807) is 6.20 Å². The average Bonchev–Trinajstić information content (AvgIpc) is 2.38. The van der Waals surface area contributed by atoms with Crippen molar-refractivity contribution in [3.63, 3.8) is 0 Å². The highest BCUT2D eigenvalue weighted by Gasteiger charge is 2.10. The van der Waals surface area contributed by atoms with Crippen molar-refractivity contribution in [1.29, 1.82) is 0 Å². The first-order valence-corrected chi connectivity index (χ1v) is 6.38. The van der Waals surface area contributed by atoms with Crippen LogP contribution in [0.4, 0.5) is 0 Å². The van der Waals surface area contributed by atoms with Gasteiger partial charge in [0.05, 0.1) is 16.1 Å². The van der Waals surface area contributed by atoms with Crippen LogP contribution in [0.5, 0.6) is 0 Å². The number of aromatic nitrogens is 2. The summed E-state index contributed by atoms with van der Waals surface area (Å²) in [5.74, 6) is 0.353. The van der Waals surface area contributed by atoms with E-state index >= 15 is 0 Å². The molecule has 0 aliphatic rings. The van der Waals surface area contributed by atoms with Gasteiger partial charge in [-0.2, -0.15) is 0 Å². The number of hydrogen-bond donors (Lipinski definition) is 0. The van der Waals surface area contributed by atoms with E-state index in [2.05, 4.69) is 18.8 Å². The van der Waals surface area contributed by atoms with Gasteiger partial charge in [0.1, 0.15) is 0 Å². The van der Waals surface area contributed by atoms with Crippen LogP contribution in [-0.2, 0) is 0 Å². The molecule has 2 heterocycles. The lowest BCUT2D eigenvalue weighted by Gasteiger charge is -2.09. The van der Waals surface area contributed by atoms with Crippen molar-refractivity contribution in [2.24, 2.45) is 0 Å². The highest BCUT2D eigenvalue weighted by atomic mass is 35.5. The molecule has 0 atom stereocenters. The van der Waals surface area contributed by atoms with E-state index < -0.39 is 0 Å². The summed E-state index contributed by atoms with van der Waals surface area (Å²) in [7, 11) is 0. The summed E-state index contributed by atoms with van der Waals surface area (Å²) in [6, 6.07) is 9.97. The zero-order valence-corrected chi connectivity index (χ0v) is 11.1. The molecule has 0 amide bonds. The number of rotatable bonds is 1. The number of pyridine rings is 2. The zero-order valence-electron chi connectivity index (χ0n) is 10.3. The van der Waals surface area contributed by atoms with Crippen molar-refractivity contribution >= 4 is 33.4 Å². The molecule has 0 spiro atoms. The zero-order chi connectivity index (χ0) is 12.7. The molecule has 0 saturated carbocycles. The average molecular weight is 257 g/mol. The number of fused-ring (bicyclic) bond motifs is 3. The highest BCUT2D eigenvalue weighted by Crippen LogP contribution is 2.30. The van der Waals surface area contributed by atoms with Crippen LogP contribution in [0, 0.1) is 0 Å². The summed E-state index contributed by atoms with van der Waals surface area (Å²) in [5.41, 5.74) is 2.81. The summed E-state index contributed by atoms with van der Waals surface area (Å²) in [6.07, 6.45) is 1.79. The lowest BCUT2D eigenvalue weighted by atomic mass is 10.1. The maximum Gasteiger partial charge on any atom is 0.0982 e. The Morgan fingerprint density at radius 1 is 1.11 bits per heavy atom. The SMILES string of the molecule is CC(C)c1cc(Cl)c2ccc3cccnc3c2n1. The predicted octanol–water partition coefficient (Wildman–Crippen LogP) is 4.56. The van der Waals surface area contributed by atoms with Crippen LogP contribution in [0.1, 0.15) is 25.5 Å². The third kappa shape index (κ3) is 1.73. The van der Waals surface area contributed by atoms with E-state index in [0.29, 0.717) is 5.92 Å². The molecule has 2 aromatic heterocycles. The van der Waals surface area contributed by atoms with E-state index in [-0.39, 0.29) is 0 Å². The van der Waals surface area contributed by atoms with E-state index in [1.165, 1.54) is 0 Å². The largest absolute Gasteiger partial charge is 0.254 e. The maximum atomic E-state index is 6.34. The molecule has 1 aromatic carbocycles. The number of nitrogens with zero attached hydrogens (tertiary/aromatic N) is 2. The van der Waals surface area contributed by atoms with Crippen LogP contribution >= 0.6 is 11.6 Å². The Bertz CT molecular complexity index is 735. The lowest BCUT2D eigenvalue weighted by Crippen LogP contribution is -1.95. The number of halogens is 1. The maximum absolute atomic E-state index is 6.34. The first kappa shape index (κ1) is 11.4. The van der Waals surface area contributed by atoms with Gasteiger partial charge in [-0.25, -0.2) is 0 Å². The second-order valence-electron chi connectivity index (χ2n) is 4.72. The van der Waals surface area contributed by atoms with E-state index in [9.17, 15) is 0 Å². The van der Waals surface area contributed by atoms with Gasteiger partial charge >= 0.3 is 0 Å². The fourth-order valence-electron chi connectivity index (χ4n) is 2.10. The molecule has 3 rings (SSSR count). The van der Waals surface area contributed by atoms with Gasteiger partial charge in [-0.05, 0) is 18.1 Å². The quantitative estimate of drug-likeness (QED) is 0.597. The molecule has 3 heteroatoms. The first-order valence-electron chi connectivity index (χ1n) is 6.00. The molecule has 0 N–H and O–H groups in total. The smallest absolute Gasteiger partial charge is 0.0982 e. The van der Waals surface area contributed by atoms with Crippen LogP contribution in [-0.4, -0.2) is 9.97 Å². The van der Waals surface area contributed by atoms with Gasteiger partial charge in [-0.3, -0.25) is 9.97 Å². The van der Waals surface area contributed by atoms with E-state index in [1.807, 2.05) is 30.3 Å². The second kappa shape index (κ2) is 4.21. The molecular formula is C15H13ClN2. The van der Waals surface area contributed by atoms with Gasteiger partial charge in [0.25, 0.3) is 0 Å². The molecule has 0 aliphatic carbocycles. The molecule has 90 valence electrons. The normalized spacial score (nSPS) is 11.6. The van der Waals surface area contributed by atoms with E-state index in [0.717, 1.165) is 32.5 Å². The molecule has 0 bridgehead atoms. The molecule has 0 radical (unpaired) electrons. The van der Waals surface area contributed by atoms with Crippen LogP contribution in [0.15, 0.2) is 36.5 Å². The molecule has 2 nitrogen and oxygen atoms in total. The minimum atomic E-state index is 0.353. The summed E-state index contributed by atoms with van der Waals surface area (Å²) in [5, 5.41) is 2.80. The van der Waals surface area contributed by atoms with Crippen molar-refractivity contribution in [3.8, 4) is 0 Å². The monoisotopic (exact) mass is 256 g/mol. The summed E-state index contributed by atoms with van der Waals surface area (Å²) < 4.78 is 0. The Hall–Kier alpha value is -1.67. The van der Waals surface area contributed by atoms with Gasteiger partial charge in [0.2, 0.25) is 0 Å². The topological polar surface area (TPSA) is 25.8 Å². The predicted molar refractivity (Wildman–Crippen MR) is 76.1 cm³/mol. The van der Waals surface area contributed by atoms with Gasteiger partial charge < -0.3 is 0 Å². The molecule has 0 saturated heterocycles. The summed E-state index contributed by atoms with van der Waals surface area (Å²) in [4.78, 5) is 9.15. The van der Waals surface area contributed by atoms with Crippen molar-refractivity contribution in [1.82, 2.24) is 9.97 Å². The summed E-state index contributed by atoms with van der Waals surface area (Å²) >= 11 is 6.34. The van der Waals surface area contributed by atoms with Crippen LogP contribution < -0.4 is 0 Å². The fraction of sp³-hybridized carbons (Fsp3) is 0.200. The molecule has 3 aromatic rings. The van der Waals surface area contributed by atoms with Gasteiger partial charge in [-0.1, -0.05) is 43.6 Å². The third-order valence-electron chi connectivity index (χ3n) is 3.11. The van der Waals surface area contributed by atoms with Crippen molar-refractivity contribution in [2.45, 2.75) is 19.8 Å². The molecular weight excluding hydrogens is 244 g/mol. The van der Waals surface area contributed by atoms with Crippen molar-refractivity contribution in [3.05, 3.63) is 47.2 Å². The minimum Gasteiger partial charge on any atom is -0.254 e. The van der Waals surface area contributed by atoms with Gasteiger partial charge in [-0.15, -0.1) is 0 Å². The van der Waals surface area contributed by atoms with Gasteiger partial charge in [0.15, 0.2) is 0 Å². The molecule has 18 heavy (non-hydrogen) atoms. The number of hydrogen-bond acceptors (Lipinski definition) is 2. The van der Waals surface area contributed by atoms with Crippen LogP contribution in [0.2, 0.25) is 5.02 Å². The Morgan fingerprint density at radius 3 is 2.72 bits per heavy atom. The van der Waals surface area contributed by atoms with Crippen molar-refractivity contribution < 1.29 is 0 Å². The third-order valence-corrected chi connectivity index (χ3v) is 3.42. The Balaban J connectivity index is 2.48. The first-order chi connectivity index (χ1) is 8.66. The molecule has 0 aliphatic heterocycles. The highest BCUT2D eigenvalue weighted by molar-refractivity contribution is 6.36. The van der Waals surface area contributed by atoms with Crippen molar-refractivity contribution in [2.75, 3.05) is 0 Å². The van der Waals surface area contributed by atoms with Crippen LogP contribution in [0.25, 0.3) is 21.8 Å². The van der Waals surface area contributed by atoms with Crippen LogP contribution in [0.3, 0.4) is 0 Å². The van der Waals surface area contributed by atoms with E-state index in [4.69, 9.17) is 16.6 Å². The summed E-state index contributed by atoms with van der Waals surface area (Å²) in [6.45, 7) is 4.23. The molecule has 0 fully saturated rings. The standard InChI is InChI=1S/C15H13ClN2/c1-9(2)13-8-12(16)11-6-5-10-4-3-7-17-14(10)15(11)18-13/h3-9H,1-2H3. The number of benzene rings is 1. The fourth-order valence-corrected chi connectivity index (χ4v) is 2.36. The molecule has 0 unspecified atom stereocenters. The Labute approximate surface area is 111 Å². The second-order valence-corrected chi connectivity index (χ2v) is 5.13.